The normalized spacial score (nSPS) is 10.6. The number of rotatable bonds is 3. The molecule has 0 radical (unpaired) electrons. The monoisotopic (exact) mass is 265 g/mol. The zero-order valence-corrected chi connectivity index (χ0v) is 9.14. The van der Waals surface area contributed by atoms with Crippen molar-refractivity contribution in [2.45, 2.75) is 13.3 Å². The van der Waals surface area contributed by atoms with E-state index in [4.69, 9.17) is 10.5 Å². The Morgan fingerprint density at radius 3 is 2.71 bits per heavy atom. The van der Waals surface area contributed by atoms with E-state index < -0.39 is 13.0 Å². The van der Waals surface area contributed by atoms with Crippen LogP contribution in [-0.4, -0.2) is 13.0 Å². The molecule has 2 nitrogen and oxygen atoms in total. The van der Waals surface area contributed by atoms with Crippen LogP contribution < -0.4 is 10.5 Å². The van der Waals surface area contributed by atoms with Gasteiger partial charge in [-0.25, -0.2) is 8.78 Å². The number of nitrogens with two attached hydrogens (primary N) is 1. The van der Waals surface area contributed by atoms with Crippen molar-refractivity contribution in [3.05, 3.63) is 22.2 Å². The quantitative estimate of drug-likeness (QED) is 0.853. The largest absolute Gasteiger partial charge is 0.486 e. The summed E-state index contributed by atoms with van der Waals surface area (Å²) in [6, 6.07) is 3.26. The molecule has 0 amide bonds. The Morgan fingerprint density at radius 1 is 1.50 bits per heavy atom. The standard InChI is InChI=1S/C9H10BrF2NO/c1-5-2-8(14-4-9(11)12)6(10)3-7(5)13/h2-3,9H,4,13H2,1H3. The van der Waals surface area contributed by atoms with E-state index in [2.05, 4.69) is 15.9 Å². The van der Waals surface area contributed by atoms with Crippen LogP contribution in [0.5, 0.6) is 5.75 Å². The maximum Gasteiger partial charge on any atom is 0.272 e. The van der Waals surface area contributed by atoms with Crippen molar-refractivity contribution in [2.24, 2.45) is 0 Å². The summed E-state index contributed by atoms with van der Waals surface area (Å²) in [4.78, 5) is 0. The molecule has 78 valence electrons. The minimum Gasteiger partial charge on any atom is -0.486 e. The van der Waals surface area contributed by atoms with E-state index in [0.717, 1.165) is 5.56 Å². The molecule has 0 aliphatic heterocycles. The van der Waals surface area contributed by atoms with Gasteiger partial charge in [-0.2, -0.15) is 0 Å². The van der Waals surface area contributed by atoms with Crippen molar-refractivity contribution in [3.8, 4) is 5.75 Å². The van der Waals surface area contributed by atoms with E-state index in [9.17, 15) is 8.78 Å². The van der Waals surface area contributed by atoms with Crippen molar-refractivity contribution in [1.29, 1.82) is 0 Å². The summed E-state index contributed by atoms with van der Waals surface area (Å²) in [5.74, 6) is 0.386. The molecule has 0 heterocycles. The lowest BCUT2D eigenvalue weighted by molar-refractivity contribution is 0.0815. The second kappa shape index (κ2) is 4.59. The van der Waals surface area contributed by atoms with Crippen molar-refractivity contribution < 1.29 is 13.5 Å². The number of benzene rings is 1. The molecule has 0 fully saturated rings. The Bertz CT molecular complexity index is 331. The highest BCUT2D eigenvalue weighted by molar-refractivity contribution is 9.10. The zero-order valence-electron chi connectivity index (χ0n) is 7.56. The number of anilines is 1. The summed E-state index contributed by atoms with van der Waals surface area (Å²) >= 11 is 3.18. The molecular formula is C9H10BrF2NO. The highest BCUT2D eigenvalue weighted by atomic mass is 79.9. The van der Waals surface area contributed by atoms with Gasteiger partial charge in [-0.15, -0.1) is 0 Å². The van der Waals surface area contributed by atoms with Crippen LogP contribution in [0.1, 0.15) is 5.56 Å². The van der Waals surface area contributed by atoms with Gasteiger partial charge in [0.05, 0.1) is 4.47 Å². The van der Waals surface area contributed by atoms with Gasteiger partial charge in [0.25, 0.3) is 6.43 Å². The maximum atomic E-state index is 11.9. The highest BCUT2D eigenvalue weighted by Gasteiger charge is 2.08. The molecule has 2 N–H and O–H groups in total. The number of halogens is 3. The van der Waals surface area contributed by atoms with Gasteiger partial charge in [0.1, 0.15) is 12.4 Å². The lowest BCUT2D eigenvalue weighted by atomic mass is 10.2. The highest BCUT2D eigenvalue weighted by Crippen LogP contribution is 2.29. The fraction of sp³-hybridized carbons (Fsp3) is 0.333. The Morgan fingerprint density at radius 2 is 2.14 bits per heavy atom. The van der Waals surface area contributed by atoms with Crippen LogP contribution in [-0.2, 0) is 0 Å². The van der Waals surface area contributed by atoms with E-state index in [0.29, 0.717) is 15.9 Å². The Labute approximate surface area is 89.2 Å². The summed E-state index contributed by atoms with van der Waals surface area (Å²) < 4.78 is 29.2. The number of nitrogen functional groups attached to an aromatic ring is 1. The number of hydrogen-bond donors (Lipinski definition) is 1. The summed E-state index contributed by atoms with van der Waals surface area (Å²) in [5.41, 5.74) is 7.01. The SMILES string of the molecule is Cc1cc(OCC(F)F)c(Br)cc1N. The second-order valence-corrected chi connectivity index (χ2v) is 3.70. The van der Waals surface area contributed by atoms with E-state index >= 15 is 0 Å². The second-order valence-electron chi connectivity index (χ2n) is 2.84. The Hall–Kier alpha value is -0.840. The van der Waals surface area contributed by atoms with Crippen LogP contribution in [0, 0.1) is 6.92 Å². The molecule has 0 aliphatic rings. The summed E-state index contributed by atoms with van der Waals surface area (Å²) in [7, 11) is 0. The van der Waals surface area contributed by atoms with E-state index in [-0.39, 0.29) is 0 Å². The zero-order chi connectivity index (χ0) is 10.7. The number of alkyl halides is 2. The number of aryl methyl sites for hydroxylation is 1. The minimum atomic E-state index is -2.47. The molecule has 0 saturated heterocycles. The van der Waals surface area contributed by atoms with Gasteiger partial charge in [0.2, 0.25) is 0 Å². The fourth-order valence-corrected chi connectivity index (χ4v) is 1.41. The molecule has 14 heavy (non-hydrogen) atoms. The van der Waals surface area contributed by atoms with Crippen LogP contribution in [0.15, 0.2) is 16.6 Å². The number of ether oxygens (including phenoxy) is 1. The molecule has 0 atom stereocenters. The van der Waals surface area contributed by atoms with Crippen LogP contribution in [0.25, 0.3) is 0 Å². The molecule has 0 saturated carbocycles. The van der Waals surface area contributed by atoms with Crippen LogP contribution in [0.3, 0.4) is 0 Å². The van der Waals surface area contributed by atoms with Crippen molar-refractivity contribution in [1.82, 2.24) is 0 Å². The topological polar surface area (TPSA) is 35.2 Å². The van der Waals surface area contributed by atoms with Crippen molar-refractivity contribution >= 4 is 21.6 Å². The third kappa shape index (κ3) is 2.83. The van der Waals surface area contributed by atoms with E-state index in [1.54, 1.807) is 19.1 Å². The average molecular weight is 266 g/mol. The van der Waals surface area contributed by atoms with Gasteiger partial charge in [-0.1, -0.05) is 0 Å². The fourth-order valence-electron chi connectivity index (χ4n) is 0.934. The van der Waals surface area contributed by atoms with Crippen LogP contribution in [0.2, 0.25) is 0 Å². The summed E-state index contributed by atoms with van der Waals surface area (Å²) in [6.07, 6.45) is -2.47. The predicted octanol–water partition coefficient (Wildman–Crippen LogP) is 2.98. The lowest BCUT2D eigenvalue weighted by Crippen LogP contribution is -2.07. The third-order valence-corrected chi connectivity index (χ3v) is 2.31. The van der Waals surface area contributed by atoms with Gasteiger partial charge >= 0.3 is 0 Å². The third-order valence-electron chi connectivity index (χ3n) is 1.69. The molecule has 0 spiro atoms. The summed E-state index contributed by atoms with van der Waals surface area (Å²) in [5, 5.41) is 0. The molecule has 0 aromatic heterocycles. The Balaban J connectivity index is 2.82. The first-order valence-corrected chi connectivity index (χ1v) is 4.76. The van der Waals surface area contributed by atoms with E-state index in [1.807, 2.05) is 0 Å². The molecule has 0 bridgehead atoms. The predicted molar refractivity (Wildman–Crippen MR) is 54.8 cm³/mol. The van der Waals surface area contributed by atoms with Gasteiger partial charge in [0.15, 0.2) is 0 Å². The van der Waals surface area contributed by atoms with Crippen molar-refractivity contribution in [2.75, 3.05) is 12.3 Å². The van der Waals surface area contributed by atoms with Gasteiger partial charge in [-0.05, 0) is 40.5 Å². The average Bonchev–Trinajstić information content (AvgIpc) is 2.09. The Kier molecular flexibility index (Phi) is 3.69. The first kappa shape index (κ1) is 11.2. The molecule has 1 aromatic carbocycles. The molecule has 1 aromatic rings. The lowest BCUT2D eigenvalue weighted by Gasteiger charge is -2.09. The molecular weight excluding hydrogens is 256 g/mol. The van der Waals surface area contributed by atoms with Gasteiger partial charge < -0.3 is 10.5 Å². The summed E-state index contributed by atoms with van der Waals surface area (Å²) in [6.45, 7) is 1.18. The van der Waals surface area contributed by atoms with E-state index in [1.165, 1.54) is 0 Å². The molecule has 1 rings (SSSR count). The van der Waals surface area contributed by atoms with Crippen molar-refractivity contribution in [3.63, 3.8) is 0 Å². The smallest absolute Gasteiger partial charge is 0.272 e. The molecule has 0 aliphatic carbocycles. The number of hydrogen-bond acceptors (Lipinski definition) is 2. The maximum absolute atomic E-state index is 11.9. The minimum absolute atomic E-state index is 0.386. The molecule has 5 heteroatoms. The van der Waals surface area contributed by atoms with Gasteiger partial charge in [0, 0.05) is 5.69 Å². The first-order chi connectivity index (χ1) is 6.50. The first-order valence-electron chi connectivity index (χ1n) is 3.97. The van der Waals surface area contributed by atoms with Crippen LogP contribution in [0.4, 0.5) is 14.5 Å². The van der Waals surface area contributed by atoms with Crippen LogP contribution >= 0.6 is 15.9 Å². The van der Waals surface area contributed by atoms with Gasteiger partial charge in [-0.3, -0.25) is 0 Å². The molecule has 0 unspecified atom stereocenters.